The maximum Gasteiger partial charge on any atom is 0.417 e. The maximum absolute atomic E-state index is 13.8. The molecule has 0 aliphatic carbocycles. The Bertz CT molecular complexity index is 1870. The lowest BCUT2D eigenvalue weighted by atomic mass is 10.2. The highest BCUT2D eigenvalue weighted by atomic mass is 19.4. The summed E-state index contributed by atoms with van der Waals surface area (Å²) in [6.07, 6.45) is 4.16. The first-order chi connectivity index (χ1) is 18.1. The number of nitrogens with two attached hydrogens (primary N) is 1. The normalized spacial score (nSPS) is 12.1. The molecule has 14 heteroatoms. The number of hydrogen-bond donors (Lipinski definition) is 1. The van der Waals surface area contributed by atoms with Gasteiger partial charge in [-0.3, -0.25) is 18.8 Å². The van der Waals surface area contributed by atoms with Gasteiger partial charge in [0.1, 0.15) is 34.0 Å². The zero-order chi connectivity index (χ0) is 26.8. The highest BCUT2D eigenvalue weighted by molar-refractivity contribution is 6.06. The number of hydrogen-bond acceptors (Lipinski definition) is 7. The topological polar surface area (TPSA) is 125 Å². The molecule has 0 bridgehead atoms. The van der Waals surface area contributed by atoms with Crippen molar-refractivity contribution in [2.75, 3.05) is 10.6 Å². The van der Waals surface area contributed by atoms with Crippen LogP contribution >= 0.6 is 0 Å². The standard InChI is InChI=1S/C24H19F3N10O/c1-13-29-8-20-22(28)33-18-7-30-17(5-19(18)37(13)20)23(38)36(16-6-31-34(2)12-16)11-15-10-35-9-14(24(25,26)27)3-4-21(35)32-15/h3-10,12H,11H2,1-2H3,(H2,28,33). The lowest BCUT2D eigenvalue weighted by molar-refractivity contribution is -0.137. The zero-order valence-corrected chi connectivity index (χ0v) is 20.0. The molecule has 6 rings (SSSR count). The molecule has 0 aliphatic rings. The number of nitrogens with zero attached hydrogens (tertiary/aromatic N) is 9. The van der Waals surface area contributed by atoms with Gasteiger partial charge in [0.25, 0.3) is 5.91 Å². The Labute approximate surface area is 212 Å². The van der Waals surface area contributed by atoms with Crippen molar-refractivity contribution < 1.29 is 18.0 Å². The molecule has 0 atom stereocenters. The molecule has 192 valence electrons. The van der Waals surface area contributed by atoms with E-state index in [1.54, 1.807) is 29.9 Å². The Balaban J connectivity index is 1.42. The molecule has 1 amide bonds. The van der Waals surface area contributed by atoms with E-state index in [0.717, 1.165) is 12.3 Å². The van der Waals surface area contributed by atoms with Gasteiger partial charge in [0.15, 0.2) is 0 Å². The van der Waals surface area contributed by atoms with E-state index in [4.69, 9.17) is 5.73 Å². The molecule has 0 aliphatic heterocycles. The number of amides is 1. The van der Waals surface area contributed by atoms with Gasteiger partial charge in [0.05, 0.1) is 47.6 Å². The summed E-state index contributed by atoms with van der Waals surface area (Å²) in [5, 5.41) is 4.16. The number of anilines is 2. The Hall–Kier alpha value is -5.01. The first-order valence-electron chi connectivity index (χ1n) is 11.3. The van der Waals surface area contributed by atoms with Crippen LogP contribution < -0.4 is 10.6 Å². The average Bonchev–Trinajstić information content (AvgIpc) is 3.59. The SMILES string of the molecule is Cc1ncc2c(N)nc3cnc(C(=O)N(Cc4cn5cc(C(F)(F)F)ccc5n4)c4cnn(C)c4)cc3n12. The van der Waals surface area contributed by atoms with E-state index in [1.165, 1.54) is 38.6 Å². The van der Waals surface area contributed by atoms with E-state index < -0.39 is 17.6 Å². The van der Waals surface area contributed by atoms with Gasteiger partial charge in [-0.1, -0.05) is 0 Å². The minimum absolute atomic E-state index is 0.0349. The molecule has 0 fully saturated rings. The highest BCUT2D eigenvalue weighted by Crippen LogP contribution is 2.29. The molecule has 6 heterocycles. The minimum Gasteiger partial charge on any atom is -0.382 e. The highest BCUT2D eigenvalue weighted by Gasteiger charge is 2.31. The Morgan fingerprint density at radius 1 is 1.05 bits per heavy atom. The van der Waals surface area contributed by atoms with E-state index in [1.807, 2.05) is 6.92 Å². The van der Waals surface area contributed by atoms with Gasteiger partial charge in [-0.25, -0.2) is 19.9 Å². The van der Waals surface area contributed by atoms with Crippen LogP contribution in [-0.4, -0.2) is 44.4 Å². The second-order valence-electron chi connectivity index (χ2n) is 8.76. The molecule has 0 saturated carbocycles. The smallest absolute Gasteiger partial charge is 0.382 e. The Morgan fingerprint density at radius 3 is 2.61 bits per heavy atom. The Morgan fingerprint density at radius 2 is 1.87 bits per heavy atom. The van der Waals surface area contributed by atoms with E-state index in [0.29, 0.717) is 39.4 Å². The molecular weight excluding hydrogens is 501 g/mol. The van der Waals surface area contributed by atoms with Crippen molar-refractivity contribution in [3.8, 4) is 0 Å². The second-order valence-corrected chi connectivity index (χ2v) is 8.76. The van der Waals surface area contributed by atoms with E-state index >= 15 is 0 Å². The third-order valence-electron chi connectivity index (χ3n) is 6.16. The molecule has 6 aromatic heterocycles. The summed E-state index contributed by atoms with van der Waals surface area (Å²) < 4.78 is 44.1. The fourth-order valence-electron chi connectivity index (χ4n) is 4.35. The summed E-state index contributed by atoms with van der Waals surface area (Å²) in [6, 6.07) is 3.86. The van der Waals surface area contributed by atoms with Gasteiger partial charge < -0.3 is 10.1 Å². The number of halogens is 3. The number of nitrogen functional groups attached to an aromatic ring is 1. The number of fused-ring (bicyclic) bond motifs is 4. The fraction of sp³-hybridized carbons (Fsp3) is 0.167. The number of pyridine rings is 2. The van der Waals surface area contributed by atoms with Crippen LogP contribution in [0, 0.1) is 6.92 Å². The van der Waals surface area contributed by atoms with Gasteiger partial charge in [0, 0.05) is 25.6 Å². The van der Waals surface area contributed by atoms with Crippen molar-refractivity contribution in [1.82, 2.24) is 38.5 Å². The largest absolute Gasteiger partial charge is 0.417 e. The van der Waals surface area contributed by atoms with Crippen molar-refractivity contribution >= 4 is 39.6 Å². The third-order valence-corrected chi connectivity index (χ3v) is 6.16. The average molecular weight is 520 g/mol. The van der Waals surface area contributed by atoms with Crippen LogP contribution in [0.3, 0.4) is 0 Å². The van der Waals surface area contributed by atoms with Crippen LogP contribution in [0.25, 0.3) is 22.2 Å². The molecule has 38 heavy (non-hydrogen) atoms. The van der Waals surface area contributed by atoms with Gasteiger partial charge in [0.2, 0.25) is 0 Å². The quantitative estimate of drug-likeness (QED) is 0.378. The summed E-state index contributed by atoms with van der Waals surface area (Å²) in [6.45, 7) is 1.77. The first-order valence-corrected chi connectivity index (χ1v) is 11.3. The molecular formula is C24H19F3N10O. The fourth-order valence-corrected chi connectivity index (χ4v) is 4.35. The molecule has 6 aromatic rings. The molecule has 0 radical (unpaired) electrons. The van der Waals surface area contributed by atoms with E-state index in [-0.39, 0.29) is 18.1 Å². The number of imidazole rings is 2. The summed E-state index contributed by atoms with van der Waals surface area (Å²) >= 11 is 0. The summed E-state index contributed by atoms with van der Waals surface area (Å²) in [7, 11) is 1.71. The number of carbonyl (C=O) groups is 1. The van der Waals surface area contributed by atoms with E-state index in [9.17, 15) is 18.0 Å². The predicted octanol–water partition coefficient (Wildman–Crippen LogP) is 3.42. The Kier molecular flexibility index (Phi) is 5.08. The van der Waals surface area contributed by atoms with Crippen LogP contribution in [0.15, 0.2) is 55.4 Å². The number of alkyl halides is 3. The summed E-state index contributed by atoms with van der Waals surface area (Å²) in [5.74, 6) is 0.489. The van der Waals surface area contributed by atoms with Crippen LogP contribution in [0.1, 0.15) is 27.6 Å². The predicted molar refractivity (Wildman–Crippen MR) is 131 cm³/mol. The van der Waals surface area contributed by atoms with Crippen LogP contribution in [-0.2, 0) is 19.8 Å². The van der Waals surface area contributed by atoms with E-state index in [2.05, 4.69) is 25.0 Å². The molecule has 11 nitrogen and oxygen atoms in total. The molecule has 0 aromatic carbocycles. The maximum atomic E-state index is 13.8. The molecule has 2 N–H and O–H groups in total. The third kappa shape index (κ3) is 3.86. The van der Waals surface area contributed by atoms with Gasteiger partial charge in [-0.2, -0.15) is 18.3 Å². The van der Waals surface area contributed by atoms with Crippen molar-refractivity contribution in [1.29, 1.82) is 0 Å². The lowest BCUT2D eigenvalue weighted by Gasteiger charge is -2.20. The number of rotatable bonds is 4. The lowest BCUT2D eigenvalue weighted by Crippen LogP contribution is -2.31. The number of carbonyl (C=O) groups excluding carboxylic acids is 1. The first kappa shape index (κ1) is 23.4. The summed E-state index contributed by atoms with van der Waals surface area (Å²) in [4.78, 5) is 32.6. The van der Waals surface area contributed by atoms with Crippen molar-refractivity contribution in [2.45, 2.75) is 19.6 Å². The van der Waals surface area contributed by atoms with Crippen molar-refractivity contribution in [2.24, 2.45) is 7.05 Å². The van der Waals surface area contributed by atoms with Crippen molar-refractivity contribution in [3.05, 3.63) is 78.2 Å². The van der Waals surface area contributed by atoms with Crippen LogP contribution in [0.2, 0.25) is 0 Å². The zero-order valence-electron chi connectivity index (χ0n) is 20.0. The monoisotopic (exact) mass is 520 g/mol. The number of aromatic nitrogens is 8. The minimum atomic E-state index is -4.49. The number of aryl methyl sites for hydroxylation is 2. The molecule has 0 unspecified atom stereocenters. The molecule has 0 saturated heterocycles. The van der Waals surface area contributed by atoms with Crippen molar-refractivity contribution in [3.63, 3.8) is 0 Å². The second kappa shape index (κ2) is 8.26. The van der Waals surface area contributed by atoms with Gasteiger partial charge >= 0.3 is 6.18 Å². The van der Waals surface area contributed by atoms with Crippen LogP contribution in [0.4, 0.5) is 24.7 Å². The molecule has 0 spiro atoms. The van der Waals surface area contributed by atoms with Crippen LogP contribution in [0.5, 0.6) is 0 Å². The van der Waals surface area contributed by atoms with Gasteiger partial charge in [-0.15, -0.1) is 0 Å². The van der Waals surface area contributed by atoms with Gasteiger partial charge in [-0.05, 0) is 25.1 Å². The summed E-state index contributed by atoms with van der Waals surface area (Å²) in [5.41, 5.74) is 8.22.